The Balaban J connectivity index is 2.07. The molecule has 0 aliphatic carbocycles. The van der Waals surface area contributed by atoms with Crippen LogP contribution in [0.4, 0.5) is 0 Å². The standard InChI is InChI=1S/C15H30N2O2/c1-4-18-14-6-5-7-17(10-14)15(11-16)8-12(2)19-13(3)9-15/h12-14H,4-11,16H2,1-3H3. The Bertz CT molecular complexity index is 273. The summed E-state index contributed by atoms with van der Waals surface area (Å²) in [7, 11) is 0. The zero-order valence-electron chi connectivity index (χ0n) is 12.7. The van der Waals surface area contributed by atoms with Gasteiger partial charge in [-0.1, -0.05) is 0 Å². The van der Waals surface area contributed by atoms with Crippen molar-refractivity contribution in [3.63, 3.8) is 0 Å². The summed E-state index contributed by atoms with van der Waals surface area (Å²) in [5.41, 5.74) is 6.29. The summed E-state index contributed by atoms with van der Waals surface area (Å²) in [5, 5.41) is 0. The molecular formula is C15H30N2O2. The van der Waals surface area contributed by atoms with Crippen LogP contribution in [0.1, 0.15) is 46.5 Å². The molecule has 0 saturated carbocycles. The summed E-state index contributed by atoms with van der Waals surface area (Å²) >= 11 is 0. The molecular weight excluding hydrogens is 240 g/mol. The first-order valence-corrected chi connectivity index (χ1v) is 7.82. The Kier molecular flexibility index (Phi) is 5.23. The number of ether oxygens (including phenoxy) is 2. The fourth-order valence-corrected chi connectivity index (χ4v) is 3.94. The molecule has 2 saturated heterocycles. The van der Waals surface area contributed by atoms with Crippen molar-refractivity contribution < 1.29 is 9.47 Å². The van der Waals surface area contributed by atoms with Crippen LogP contribution in [-0.4, -0.2) is 55.0 Å². The van der Waals surface area contributed by atoms with E-state index in [4.69, 9.17) is 15.2 Å². The summed E-state index contributed by atoms with van der Waals surface area (Å²) in [4.78, 5) is 2.59. The van der Waals surface area contributed by atoms with Gasteiger partial charge in [-0.25, -0.2) is 0 Å². The topological polar surface area (TPSA) is 47.7 Å². The van der Waals surface area contributed by atoms with E-state index in [2.05, 4.69) is 25.7 Å². The molecule has 0 aromatic carbocycles. The predicted molar refractivity (Wildman–Crippen MR) is 77.2 cm³/mol. The molecule has 2 fully saturated rings. The normalized spacial score (nSPS) is 41.4. The number of likely N-dealkylation sites (tertiary alicyclic amines) is 1. The highest BCUT2D eigenvalue weighted by Crippen LogP contribution is 2.35. The van der Waals surface area contributed by atoms with Gasteiger partial charge in [-0.3, -0.25) is 4.90 Å². The highest BCUT2D eigenvalue weighted by atomic mass is 16.5. The van der Waals surface area contributed by atoms with Gasteiger partial charge in [-0.05, 0) is 53.0 Å². The fourth-order valence-electron chi connectivity index (χ4n) is 3.94. The van der Waals surface area contributed by atoms with Gasteiger partial charge in [0.05, 0.1) is 18.3 Å². The van der Waals surface area contributed by atoms with Crippen molar-refractivity contribution in [2.75, 3.05) is 26.2 Å². The highest BCUT2D eigenvalue weighted by molar-refractivity contribution is 4.99. The monoisotopic (exact) mass is 270 g/mol. The van der Waals surface area contributed by atoms with Crippen molar-refractivity contribution >= 4 is 0 Å². The lowest BCUT2D eigenvalue weighted by atomic mass is 9.81. The Labute approximate surface area is 117 Å². The van der Waals surface area contributed by atoms with Crippen LogP contribution in [0.15, 0.2) is 0 Å². The van der Waals surface area contributed by atoms with E-state index in [-0.39, 0.29) is 5.54 Å². The van der Waals surface area contributed by atoms with Gasteiger partial charge >= 0.3 is 0 Å². The van der Waals surface area contributed by atoms with Crippen LogP contribution in [0.25, 0.3) is 0 Å². The van der Waals surface area contributed by atoms with Crippen molar-refractivity contribution in [3.8, 4) is 0 Å². The van der Waals surface area contributed by atoms with Crippen molar-refractivity contribution in [3.05, 3.63) is 0 Å². The van der Waals surface area contributed by atoms with Crippen LogP contribution >= 0.6 is 0 Å². The number of nitrogens with two attached hydrogens (primary N) is 1. The van der Waals surface area contributed by atoms with Crippen molar-refractivity contribution in [1.82, 2.24) is 4.90 Å². The third-order valence-corrected chi connectivity index (χ3v) is 4.63. The maximum atomic E-state index is 6.17. The lowest BCUT2D eigenvalue weighted by Gasteiger charge is -2.51. The van der Waals surface area contributed by atoms with Crippen molar-refractivity contribution in [2.24, 2.45) is 5.73 Å². The molecule has 2 heterocycles. The molecule has 4 heteroatoms. The van der Waals surface area contributed by atoms with Crippen LogP contribution in [0, 0.1) is 0 Å². The number of nitrogens with zero attached hydrogens (tertiary/aromatic N) is 1. The molecule has 3 unspecified atom stereocenters. The summed E-state index contributed by atoms with van der Waals surface area (Å²) in [6.45, 7) is 10.1. The van der Waals surface area contributed by atoms with Gasteiger partial charge in [0, 0.05) is 25.2 Å². The summed E-state index contributed by atoms with van der Waals surface area (Å²) in [6, 6.07) is 0. The van der Waals surface area contributed by atoms with Crippen LogP contribution in [0.5, 0.6) is 0 Å². The zero-order valence-corrected chi connectivity index (χ0v) is 12.7. The minimum atomic E-state index is 0.118. The Morgan fingerprint density at radius 2 is 2.00 bits per heavy atom. The van der Waals surface area contributed by atoms with E-state index in [1.807, 2.05) is 0 Å². The second-order valence-corrected chi connectivity index (χ2v) is 6.26. The SMILES string of the molecule is CCOC1CCCN(C2(CN)CC(C)OC(C)C2)C1. The molecule has 112 valence electrons. The average Bonchev–Trinajstić information content (AvgIpc) is 2.38. The lowest BCUT2D eigenvalue weighted by Crippen LogP contribution is -2.62. The molecule has 19 heavy (non-hydrogen) atoms. The fraction of sp³-hybridized carbons (Fsp3) is 1.00. The first kappa shape index (κ1) is 15.2. The number of piperidine rings is 1. The van der Waals surface area contributed by atoms with Crippen molar-refractivity contribution in [2.45, 2.75) is 70.3 Å². The van der Waals surface area contributed by atoms with Gasteiger partial charge in [-0.2, -0.15) is 0 Å². The largest absolute Gasteiger partial charge is 0.377 e. The number of hydrogen-bond acceptors (Lipinski definition) is 4. The first-order valence-electron chi connectivity index (χ1n) is 7.82. The van der Waals surface area contributed by atoms with E-state index in [1.165, 1.54) is 12.8 Å². The average molecular weight is 270 g/mol. The van der Waals surface area contributed by atoms with Crippen LogP contribution in [0.2, 0.25) is 0 Å². The molecule has 0 aromatic rings. The molecule has 0 bridgehead atoms. The van der Waals surface area contributed by atoms with Gasteiger partial charge < -0.3 is 15.2 Å². The summed E-state index contributed by atoms with van der Waals surface area (Å²) in [6.07, 6.45) is 5.50. The Hall–Kier alpha value is -0.160. The second kappa shape index (κ2) is 6.53. The molecule has 0 aromatic heterocycles. The summed E-state index contributed by atoms with van der Waals surface area (Å²) in [5.74, 6) is 0. The second-order valence-electron chi connectivity index (χ2n) is 6.26. The third kappa shape index (κ3) is 3.48. The van der Waals surface area contributed by atoms with Gasteiger partial charge in [0.2, 0.25) is 0 Å². The van der Waals surface area contributed by atoms with Crippen molar-refractivity contribution in [1.29, 1.82) is 0 Å². The van der Waals surface area contributed by atoms with E-state index in [0.717, 1.165) is 39.1 Å². The molecule has 2 rings (SSSR count). The predicted octanol–water partition coefficient (Wildman–Crippen LogP) is 1.77. The smallest absolute Gasteiger partial charge is 0.0702 e. The Morgan fingerprint density at radius 3 is 2.58 bits per heavy atom. The Morgan fingerprint density at radius 1 is 1.32 bits per heavy atom. The molecule has 0 amide bonds. The molecule has 0 spiro atoms. The summed E-state index contributed by atoms with van der Waals surface area (Å²) < 4.78 is 11.7. The van der Waals surface area contributed by atoms with Gasteiger partial charge in [0.25, 0.3) is 0 Å². The molecule has 0 radical (unpaired) electrons. The zero-order chi connectivity index (χ0) is 13.9. The quantitative estimate of drug-likeness (QED) is 0.846. The van der Waals surface area contributed by atoms with E-state index in [9.17, 15) is 0 Å². The molecule has 2 aliphatic heterocycles. The molecule has 4 nitrogen and oxygen atoms in total. The molecule has 3 atom stereocenters. The third-order valence-electron chi connectivity index (χ3n) is 4.63. The number of hydrogen-bond donors (Lipinski definition) is 1. The first-order chi connectivity index (χ1) is 9.09. The lowest BCUT2D eigenvalue weighted by molar-refractivity contribution is -0.121. The molecule has 2 aliphatic rings. The maximum absolute atomic E-state index is 6.17. The number of rotatable bonds is 4. The van der Waals surface area contributed by atoms with E-state index >= 15 is 0 Å². The van der Waals surface area contributed by atoms with Gasteiger partial charge in [-0.15, -0.1) is 0 Å². The minimum Gasteiger partial charge on any atom is -0.377 e. The van der Waals surface area contributed by atoms with Gasteiger partial charge in [0.1, 0.15) is 0 Å². The van der Waals surface area contributed by atoms with E-state index in [1.54, 1.807) is 0 Å². The van der Waals surface area contributed by atoms with Crippen LogP contribution in [-0.2, 0) is 9.47 Å². The molecule has 2 N–H and O–H groups in total. The highest BCUT2D eigenvalue weighted by Gasteiger charge is 2.43. The van der Waals surface area contributed by atoms with Gasteiger partial charge in [0.15, 0.2) is 0 Å². The maximum Gasteiger partial charge on any atom is 0.0702 e. The van der Waals surface area contributed by atoms with Crippen LogP contribution < -0.4 is 5.73 Å². The minimum absolute atomic E-state index is 0.118. The van der Waals surface area contributed by atoms with E-state index < -0.39 is 0 Å². The van der Waals surface area contributed by atoms with E-state index in [0.29, 0.717) is 18.3 Å². The van der Waals surface area contributed by atoms with Crippen LogP contribution in [0.3, 0.4) is 0 Å².